The van der Waals surface area contributed by atoms with E-state index in [-0.39, 0.29) is 0 Å². The molecule has 0 saturated carbocycles. The summed E-state index contributed by atoms with van der Waals surface area (Å²) >= 11 is 0. The molecule has 0 atom stereocenters. The van der Waals surface area contributed by atoms with Gasteiger partial charge in [0.2, 0.25) is 0 Å². The van der Waals surface area contributed by atoms with Crippen LogP contribution in [0.2, 0.25) is 0 Å². The van der Waals surface area contributed by atoms with Gasteiger partial charge in [-0.2, -0.15) is 0 Å². The average Bonchev–Trinajstić information content (AvgIpc) is 2.49. The fourth-order valence-electron chi connectivity index (χ4n) is 3.86. The Hall–Kier alpha value is -0.720. The lowest BCUT2D eigenvalue weighted by Crippen LogP contribution is -2.04. The van der Waals surface area contributed by atoms with Gasteiger partial charge in [-0.1, -0.05) is 19.3 Å². The van der Waals surface area contributed by atoms with Gasteiger partial charge >= 0.3 is 0 Å². The van der Waals surface area contributed by atoms with Crippen LogP contribution in [0.3, 0.4) is 0 Å². The molecule has 0 amide bonds. The second-order valence-corrected chi connectivity index (χ2v) is 5.88. The molecule has 0 radical (unpaired) electrons. The van der Waals surface area contributed by atoms with Crippen LogP contribution in [0.4, 0.5) is 0 Å². The van der Waals surface area contributed by atoms with Crippen molar-refractivity contribution in [2.24, 2.45) is 7.05 Å². The first kappa shape index (κ1) is 11.4. The van der Waals surface area contributed by atoms with Gasteiger partial charge in [-0.05, 0) is 62.5 Å². The summed E-state index contributed by atoms with van der Waals surface area (Å²) in [5.41, 5.74) is 6.91. The lowest BCUT2D eigenvalue weighted by atomic mass is 9.94. The number of hydrogen-bond donors (Lipinski definition) is 0. The van der Waals surface area contributed by atoms with Gasteiger partial charge in [0.1, 0.15) is 0 Å². The molecule has 2 aliphatic rings. The quantitative estimate of drug-likeness (QED) is 0.596. The number of hydrogen-bond acceptors (Lipinski definition) is 0. The molecule has 0 fully saturated rings. The summed E-state index contributed by atoms with van der Waals surface area (Å²) < 4.78 is 2.57. The summed E-state index contributed by atoms with van der Waals surface area (Å²) in [4.78, 5) is 0. The van der Waals surface area contributed by atoms with Crippen LogP contribution in [-0.2, 0) is 32.7 Å². The van der Waals surface area contributed by atoms with Crippen LogP contribution >= 0.6 is 0 Å². The zero-order chi connectivity index (χ0) is 11.7. The summed E-state index contributed by atoms with van der Waals surface area (Å²) in [5, 5.41) is 0. The molecule has 2 aliphatic carbocycles. The van der Waals surface area contributed by atoms with Crippen molar-refractivity contribution in [1.29, 1.82) is 0 Å². The minimum atomic E-state index is 1.33. The predicted octanol–water partition coefficient (Wildman–Crippen LogP) is 3.95. The van der Waals surface area contributed by atoms with Crippen molar-refractivity contribution in [2.45, 2.75) is 70.6 Å². The second kappa shape index (κ2) is 4.88. The molecule has 1 heteroatoms. The SMILES string of the molecule is Cn1c2c(c3c1CCCCC3)CCCCCC2. The van der Waals surface area contributed by atoms with Crippen LogP contribution in [0.1, 0.15) is 67.5 Å². The van der Waals surface area contributed by atoms with E-state index in [4.69, 9.17) is 0 Å². The van der Waals surface area contributed by atoms with Crippen molar-refractivity contribution in [2.75, 3.05) is 0 Å². The average molecular weight is 231 g/mol. The van der Waals surface area contributed by atoms with Gasteiger partial charge in [-0.3, -0.25) is 0 Å². The van der Waals surface area contributed by atoms with Gasteiger partial charge < -0.3 is 4.57 Å². The minimum Gasteiger partial charge on any atom is -0.351 e. The Labute approximate surface area is 105 Å². The maximum Gasteiger partial charge on any atom is 0.0209 e. The van der Waals surface area contributed by atoms with E-state index in [0.717, 1.165) is 0 Å². The van der Waals surface area contributed by atoms with E-state index in [9.17, 15) is 0 Å². The molecule has 0 saturated heterocycles. The minimum absolute atomic E-state index is 1.33. The number of fused-ring (bicyclic) bond motifs is 3. The third-order valence-corrected chi connectivity index (χ3v) is 4.80. The number of aromatic nitrogens is 1. The molecule has 1 aromatic rings. The Bertz CT molecular complexity index is 400. The highest BCUT2D eigenvalue weighted by Crippen LogP contribution is 2.32. The Morgan fingerprint density at radius 3 is 1.53 bits per heavy atom. The molecular formula is C16H25N. The van der Waals surface area contributed by atoms with E-state index >= 15 is 0 Å². The van der Waals surface area contributed by atoms with Crippen molar-refractivity contribution in [3.8, 4) is 0 Å². The molecule has 0 spiro atoms. The lowest BCUT2D eigenvalue weighted by Gasteiger charge is -2.13. The summed E-state index contributed by atoms with van der Waals surface area (Å²) in [6.07, 6.45) is 15.4. The third-order valence-electron chi connectivity index (χ3n) is 4.80. The van der Waals surface area contributed by atoms with Crippen LogP contribution < -0.4 is 0 Å². The first-order valence-corrected chi connectivity index (χ1v) is 7.56. The van der Waals surface area contributed by atoms with Gasteiger partial charge in [0.15, 0.2) is 0 Å². The highest BCUT2D eigenvalue weighted by molar-refractivity contribution is 5.40. The van der Waals surface area contributed by atoms with E-state index in [2.05, 4.69) is 11.6 Å². The van der Waals surface area contributed by atoms with Gasteiger partial charge in [-0.25, -0.2) is 0 Å². The molecule has 0 unspecified atom stereocenters. The third kappa shape index (κ3) is 2.05. The molecule has 0 bridgehead atoms. The molecule has 3 rings (SSSR count). The summed E-state index contributed by atoms with van der Waals surface area (Å²) in [5.74, 6) is 0. The monoisotopic (exact) mass is 231 g/mol. The molecule has 0 N–H and O–H groups in total. The number of rotatable bonds is 0. The van der Waals surface area contributed by atoms with E-state index < -0.39 is 0 Å². The predicted molar refractivity (Wildman–Crippen MR) is 72.5 cm³/mol. The van der Waals surface area contributed by atoms with Gasteiger partial charge in [0, 0.05) is 18.4 Å². The maximum atomic E-state index is 2.57. The van der Waals surface area contributed by atoms with Crippen LogP contribution in [0.15, 0.2) is 0 Å². The van der Waals surface area contributed by atoms with Crippen LogP contribution in [0.5, 0.6) is 0 Å². The Morgan fingerprint density at radius 2 is 1.00 bits per heavy atom. The number of nitrogens with zero attached hydrogens (tertiary/aromatic N) is 1. The molecular weight excluding hydrogens is 206 g/mol. The van der Waals surface area contributed by atoms with E-state index in [1.807, 2.05) is 0 Å². The van der Waals surface area contributed by atoms with Crippen LogP contribution in [0.25, 0.3) is 0 Å². The van der Waals surface area contributed by atoms with Gasteiger partial charge in [0.05, 0.1) is 0 Å². The molecule has 17 heavy (non-hydrogen) atoms. The fourth-order valence-corrected chi connectivity index (χ4v) is 3.86. The van der Waals surface area contributed by atoms with Crippen molar-refractivity contribution in [3.05, 3.63) is 22.5 Å². The zero-order valence-electron chi connectivity index (χ0n) is 11.2. The summed E-state index contributed by atoms with van der Waals surface area (Å²) in [6.45, 7) is 0. The van der Waals surface area contributed by atoms with Crippen molar-refractivity contribution in [3.63, 3.8) is 0 Å². The first-order valence-electron chi connectivity index (χ1n) is 7.56. The smallest absolute Gasteiger partial charge is 0.0209 e. The highest BCUT2D eigenvalue weighted by Gasteiger charge is 2.22. The molecule has 0 aliphatic heterocycles. The molecule has 94 valence electrons. The fraction of sp³-hybridized carbons (Fsp3) is 0.750. The van der Waals surface area contributed by atoms with E-state index in [1.165, 1.54) is 70.6 Å². The standard InChI is InChI=1S/C16H25N/c1-17-15-11-7-3-2-5-9-13(15)14-10-6-4-8-12-16(14)17/h2-12H2,1H3. The Morgan fingerprint density at radius 1 is 0.588 bits per heavy atom. The summed E-state index contributed by atoms with van der Waals surface area (Å²) in [6, 6.07) is 0. The Balaban J connectivity index is 2.04. The van der Waals surface area contributed by atoms with Crippen molar-refractivity contribution >= 4 is 0 Å². The molecule has 0 aromatic carbocycles. The topological polar surface area (TPSA) is 4.93 Å². The van der Waals surface area contributed by atoms with Crippen LogP contribution in [-0.4, -0.2) is 4.57 Å². The highest BCUT2D eigenvalue weighted by atomic mass is 15.0. The first-order chi connectivity index (χ1) is 8.38. The Kier molecular flexibility index (Phi) is 3.26. The normalized spacial score (nSPS) is 21.0. The second-order valence-electron chi connectivity index (χ2n) is 5.88. The lowest BCUT2D eigenvalue weighted by molar-refractivity contribution is 0.592. The van der Waals surface area contributed by atoms with E-state index in [1.54, 1.807) is 22.5 Å². The zero-order valence-corrected chi connectivity index (χ0v) is 11.2. The van der Waals surface area contributed by atoms with Crippen molar-refractivity contribution in [1.82, 2.24) is 4.57 Å². The maximum absolute atomic E-state index is 2.57. The van der Waals surface area contributed by atoms with Gasteiger partial charge in [0.25, 0.3) is 0 Å². The van der Waals surface area contributed by atoms with Crippen LogP contribution in [0, 0.1) is 0 Å². The summed E-state index contributed by atoms with van der Waals surface area (Å²) in [7, 11) is 2.32. The van der Waals surface area contributed by atoms with Crippen molar-refractivity contribution < 1.29 is 0 Å². The van der Waals surface area contributed by atoms with E-state index in [0.29, 0.717) is 0 Å². The molecule has 1 nitrogen and oxygen atoms in total. The molecule has 1 aromatic heterocycles. The largest absolute Gasteiger partial charge is 0.351 e. The van der Waals surface area contributed by atoms with Gasteiger partial charge in [-0.15, -0.1) is 0 Å². The molecule has 1 heterocycles.